The summed E-state index contributed by atoms with van der Waals surface area (Å²) in [5, 5.41) is 3.36. The molecule has 2 aliphatic rings. The molecule has 0 aliphatic carbocycles. The van der Waals surface area contributed by atoms with E-state index in [1.165, 1.54) is 0 Å². The molecule has 0 bridgehead atoms. The Morgan fingerprint density at radius 2 is 1.83 bits per heavy atom. The molecule has 2 rings (SSSR count). The zero-order chi connectivity index (χ0) is 13.1. The number of rotatable bonds is 2. The number of hydrogen-bond donors (Lipinski definition) is 2. The highest BCUT2D eigenvalue weighted by Gasteiger charge is 2.31. The molecule has 2 unspecified atom stereocenters. The van der Waals surface area contributed by atoms with Gasteiger partial charge in [-0.25, -0.2) is 0 Å². The molecule has 0 radical (unpaired) electrons. The van der Waals surface area contributed by atoms with E-state index in [-0.39, 0.29) is 23.8 Å². The van der Waals surface area contributed by atoms with Gasteiger partial charge in [0.15, 0.2) is 0 Å². The molecular weight excluding hydrogens is 230 g/mol. The van der Waals surface area contributed by atoms with Gasteiger partial charge in [0, 0.05) is 25.0 Å². The maximum atomic E-state index is 12.3. The average molecular weight is 253 g/mol. The minimum absolute atomic E-state index is 0.0288. The first kappa shape index (κ1) is 13.3. The number of primary amides is 1. The Balaban J connectivity index is 1.85. The van der Waals surface area contributed by atoms with Crippen LogP contribution in [0.1, 0.15) is 39.0 Å². The number of hydrogen-bond acceptors (Lipinski definition) is 3. The Morgan fingerprint density at radius 1 is 1.17 bits per heavy atom. The van der Waals surface area contributed by atoms with E-state index in [0.29, 0.717) is 32.0 Å². The molecule has 5 nitrogen and oxygen atoms in total. The van der Waals surface area contributed by atoms with Gasteiger partial charge in [0.2, 0.25) is 11.8 Å². The van der Waals surface area contributed by atoms with E-state index in [0.717, 1.165) is 19.3 Å². The van der Waals surface area contributed by atoms with Crippen LogP contribution in [0.5, 0.6) is 0 Å². The van der Waals surface area contributed by atoms with Gasteiger partial charge >= 0.3 is 0 Å². The largest absolute Gasteiger partial charge is 0.369 e. The van der Waals surface area contributed by atoms with Crippen molar-refractivity contribution in [1.82, 2.24) is 10.2 Å². The Hall–Kier alpha value is -1.10. The van der Waals surface area contributed by atoms with Crippen LogP contribution in [-0.4, -0.2) is 41.9 Å². The molecule has 0 spiro atoms. The first-order valence-corrected chi connectivity index (χ1v) is 6.92. The third-order valence-corrected chi connectivity index (χ3v) is 4.12. The molecule has 2 atom stereocenters. The first-order valence-electron chi connectivity index (χ1n) is 6.92. The quantitative estimate of drug-likeness (QED) is 0.740. The lowest BCUT2D eigenvalue weighted by Crippen LogP contribution is -2.53. The van der Waals surface area contributed by atoms with Crippen molar-refractivity contribution in [2.45, 2.75) is 51.1 Å². The zero-order valence-electron chi connectivity index (χ0n) is 11.0. The van der Waals surface area contributed by atoms with Gasteiger partial charge in [-0.2, -0.15) is 0 Å². The molecule has 0 aromatic rings. The number of nitrogens with one attached hydrogen (secondary N) is 1. The summed E-state index contributed by atoms with van der Waals surface area (Å²) in [6, 6.07) is 0.398. The lowest BCUT2D eigenvalue weighted by atomic mass is 9.94. The van der Waals surface area contributed by atoms with E-state index in [9.17, 15) is 9.59 Å². The number of likely N-dealkylation sites (tertiary alicyclic amines) is 1. The van der Waals surface area contributed by atoms with Crippen LogP contribution in [0.2, 0.25) is 0 Å². The summed E-state index contributed by atoms with van der Waals surface area (Å²) in [4.78, 5) is 25.3. The van der Waals surface area contributed by atoms with Gasteiger partial charge < -0.3 is 16.0 Å². The number of nitrogens with zero attached hydrogens (tertiary/aromatic N) is 1. The molecule has 0 saturated carbocycles. The van der Waals surface area contributed by atoms with E-state index in [1.54, 1.807) is 0 Å². The summed E-state index contributed by atoms with van der Waals surface area (Å²) in [7, 11) is 0. The number of carbonyl (C=O) groups is 2. The van der Waals surface area contributed by atoms with Gasteiger partial charge in [0.05, 0.1) is 6.04 Å². The van der Waals surface area contributed by atoms with Crippen molar-refractivity contribution in [1.29, 1.82) is 0 Å². The van der Waals surface area contributed by atoms with Crippen molar-refractivity contribution in [3.05, 3.63) is 0 Å². The fourth-order valence-corrected chi connectivity index (χ4v) is 2.94. The Morgan fingerprint density at radius 3 is 2.39 bits per heavy atom. The third-order valence-electron chi connectivity index (χ3n) is 4.12. The molecule has 5 heteroatoms. The second-order valence-electron chi connectivity index (χ2n) is 5.55. The van der Waals surface area contributed by atoms with E-state index in [4.69, 9.17) is 5.73 Å². The predicted octanol–water partition coefficient (Wildman–Crippen LogP) is 0.241. The lowest BCUT2D eigenvalue weighted by Gasteiger charge is -2.36. The van der Waals surface area contributed by atoms with Crippen LogP contribution in [0.25, 0.3) is 0 Å². The third kappa shape index (κ3) is 3.02. The summed E-state index contributed by atoms with van der Waals surface area (Å²) in [5.74, 6) is -0.0803. The second-order valence-corrected chi connectivity index (χ2v) is 5.55. The van der Waals surface area contributed by atoms with Crippen molar-refractivity contribution >= 4 is 11.8 Å². The normalized spacial score (nSPS) is 30.2. The molecule has 2 saturated heterocycles. The van der Waals surface area contributed by atoms with Crippen molar-refractivity contribution in [2.75, 3.05) is 13.1 Å². The van der Waals surface area contributed by atoms with Crippen LogP contribution in [0.3, 0.4) is 0 Å². The summed E-state index contributed by atoms with van der Waals surface area (Å²) < 4.78 is 0. The zero-order valence-corrected chi connectivity index (χ0v) is 11.0. The first-order chi connectivity index (χ1) is 8.58. The number of piperidine rings is 2. The molecule has 2 amide bonds. The van der Waals surface area contributed by atoms with Crippen molar-refractivity contribution in [3.63, 3.8) is 0 Å². The molecule has 3 N–H and O–H groups in total. The number of amides is 2. The van der Waals surface area contributed by atoms with Crippen LogP contribution in [-0.2, 0) is 9.59 Å². The van der Waals surface area contributed by atoms with Gasteiger partial charge in [0.1, 0.15) is 0 Å². The Labute approximate surface area is 108 Å². The molecule has 2 fully saturated rings. The maximum Gasteiger partial charge on any atom is 0.239 e. The van der Waals surface area contributed by atoms with Crippen LogP contribution >= 0.6 is 0 Å². The van der Waals surface area contributed by atoms with Crippen LogP contribution in [0.15, 0.2) is 0 Å². The number of carbonyl (C=O) groups excluding carboxylic acids is 2. The highest BCUT2D eigenvalue weighted by atomic mass is 16.2. The average Bonchev–Trinajstić information content (AvgIpc) is 2.38. The smallest absolute Gasteiger partial charge is 0.239 e. The minimum Gasteiger partial charge on any atom is -0.369 e. The molecular formula is C13H23N3O2. The highest BCUT2D eigenvalue weighted by Crippen LogP contribution is 2.20. The maximum absolute atomic E-state index is 12.3. The fraction of sp³-hybridized carbons (Fsp3) is 0.846. The van der Waals surface area contributed by atoms with Gasteiger partial charge in [-0.1, -0.05) is 0 Å². The number of nitrogens with two attached hydrogens (primary N) is 1. The topological polar surface area (TPSA) is 75.4 Å². The molecule has 0 aromatic heterocycles. The van der Waals surface area contributed by atoms with Gasteiger partial charge in [-0.15, -0.1) is 0 Å². The highest BCUT2D eigenvalue weighted by molar-refractivity contribution is 5.82. The van der Waals surface area contributed by atoms with E-state index >= 15 is 0 Å². The summed E-state index contributed by atoms with van der Waals surface area (Å²) in [5.41, 5.74) is 5.30. The second kappa shape index (κ2) is 5.69. The van der Waals surface area contributed by atoms with Crippen molar-refractivity contribution < 1.29 is 9.59 Å². The summed E-state index contributed by atoms with van der Waals surface area (Å²) in [6.07, 6.45) is 4.61. The molecule has 2 heterocycles. The molecule has 0 aromatic carbocycles. The summed E-state index contributed by atoms with van der Waals surface area (Å²) in [6.45, 7) is 3.46. The standard InChI is InChI=1S/C13H23N3O2/c1-9-3-2-4-11(15-9)13(18)16-7-5-10(6-8-16)12(14)17/h9-11,15H,2-8H2,1H3,(H2,14,17). The lowest BCUT2D eigenvalue weighted by molar-refractivity contribution is -0.137. The molecule has 18 heavy (non-hydrogen) atoms. The SMILES string of the molecule is CC1CCCC(C(=O)N2CCC(C(N)=O)CC2)N1. The van der Waals surface area contributed by atoms with Crippen molar-refractivity contribution in [3.8, 4) is 0 Å². The van der Waals surface area contributed by atoms with E-state index < -0.39 is 0 Å². The minimum atomic E-state index is -0.230. The van der Waals surface area contributed by atoms with E-state index in [1.807, 2.05) is 4.90 Å². The Kier molecular flexibility index (Phi) is 4.22. The predicted molar refractivity (Wildman–Crippen MR) is 68.7 cm³/mol. The van der Waals surface area contributed by atoms with Gasteiger partial charge in [-0.05, 0) is 39.0 Å². The summed E-state index contributed by atoms with van der Waals surface area (Å²) >= 11 is 0. The molecule has 102 valence electrons. The van der Waals surface area contributed by atoms with Crippen LogP contribution in [0.4, 0.5) is 0 Å². The fourth-order valence-electron chi connectivity index (χ4n) is 2.94. The van der Waals surface area contributed by atoms with Gasteiger partial charge in [-0.3, -0.25) is 9.59 Å². The van der Waals surface area contributed by atoms with Crippen LogP contribution in [0, 0.1) is 5.92 Å². The van der Waals surface area contributed by atoms with Gasteiger partial charge in [0.25, 0.3) is 0 Å². The van der Waals surface area contributed by atoms with E-state index in [2.05, 4.69) is 12.2 Å². The van der Waals surface area contributed by atoms with Crippen LogP contribution < -0.4 is 11.1 Å². The molecule has 2 aliphatic heterocycles. The monoisotopic (exact) mass is 253 g/mol. The Bertz CT molecular complexity index is 324. The van der Waals surface area contributed by atoms with Crippen molar-refractivity contribution in [2.24, 2.45) is 11.7 Å².